The number of alkyl halides is 3. The molecule has 0 fully saturated rings. The number of aromatic nitrogens is 2. The number of nitrogens with zero attached hydrogens (tertiary/aromatic N) is 3. The Morgan fingerprint density at radius 2 is 1.97 bits per heavy atom. The van der Waals surface area contributed by atoms with Gasteiger partial charge in [-0.1, -0.05) is 0 Å². The lowest BCUT2D eigenvalue weighted by molar-refractivity contribution is -0.249. The van der Waals surface area contributed by atoms with Crippen molar-refractivity contribution in [3.63, 3.8) is 0 Å². The van der Waals surface area contributed by atoms with Gasteiger partial charge in [0.2, 0.25) is 5.60 Å². The van der Waals surface area contributed by atoms with Gasteiger partial charge in [-0.15, -0.1) is 0 Å². The average Bonchev–Trinajstić information content (AvgIpc) is 2.66. The molecule has 3 rings (SSSR count). The van der Waals surface area contributed by atoms with E-state index in [0.717, 1.165) is 13.0 Å². The van der Waals surface area contributed by atoms with Crippen LogP contribution in [-0.2, 0) is 10.3 Å². The van der Waals surface area contributed by atoms with Crippen molar-refractivity contribution in [1.29, 1.82) is 0 Å². The summed E-state index contributed by atoms with van der Waals surface area (Å²) in [6.07, 6.45) is -3.25. The standard InChI is InChI=1S/C18H19F4N5O2/c1-16(9-29-17(2,15(23)27-16)18(20,21)22)13-10(19)6-7-12(25-13)26-14-11(28-3)5-4-8-24-14/h4-8H,9H2,1-3H3,(H2,23,27)(H,24,25,26). The minimum Gasteiger partial charge on any atom is -0.493 e. The smallest absolute Gasteiger partial charge is 0.424 e. The van der Waals surface area contributed by atoms with Crippen LogP contribution >= 0.6 is 0 Å². The van der Waals surface area contributed by atoms with Crippen LogP contribution in [0.2, 0.25) is 0 Å². The van der Waals surface area contributed by atoms with Gasteiger partial charge in [0.1, 0.15) is 28.7 Å². The highest BCUT2D eigenvalue weighted by atomic mass is 19.4. The van der Waals surface area contributed by atoms with Crippen molar-refractivity contribution >= 4 is 17.5 Å². The van der Waals surface area contributed by atoms with Gasteiger partial charge in [-0.3, -0.25) is 4.99 Å². The van der Waals surface area contributed by atoms with Crippen molar-refractivity contribution in [2.45, 2.75) is 31.2 Å². The Morgan fingerprint density at radius 1 is 1.24 bits per heavy atom. The molecular formula is C18H19F4N5O2. The first kappa shape index (κ1) is 20.8. The molecule has 0 radical (unpaired) electrons. The largest absolute Gasteiger partial charge is 0.493 e. The van der Waals surface area contributed by atoms with E-state index in [4.69, 9.17) is 15.2 Å². The van der Waals surface area contributed by atoms with E-state index in [-0.39, 0.29) is 11.5 Å². The Balaban J connectivity index is 1.98. The lowest BCUT2D eigenvalue weighted by Crippen LogP contribution is -2.60. The molecular weight excluding hydrogens is 394 g/mol. The number of anilines is 2. The van der Waals surface area contributed by atoms with Crippen molar-refractivity contribution in [1.82, 2.24) is 9.97 Å². The van der Waals surface area contributed by atoms with E-state index in [9.17, 15) is 17.6 Å². The molecule has 29 heavy (non-hydrogen) atoms. The molecule has 2 aromatic rings. The molecule has 7 nitrogen and oxygen atoms in total. The fourth-order valence-electron chi connectivity index (χ4n) is 2.77. The Kier molecular flexibility index (Phi) is 5.11. The third-order valence-corrected chi connectivity index (χ3v) is 4.63. The zero-order chi connectivity index (χ0) is 21.4. The second-order valence-corrected chi connectivity index (χ2v) is 6.80. The SMILES string of the molecule is COc1cccnc1Nc1ccc(F)c(C2(C)COC(C)(C(F)(F)F)C(N)=N2)n1. The van der Waals surface area contributed by atoms with Crippen LogP contribution in [0.25, 0.3) is 0 Å². The quantitative estimate of drug-likeness (QED) is 0.747. The second-order valence-electron chi connectivity index (χ2n) is 6.80. The minimum atomic E-state index is -4.77. The summed E-state index contributed by atoms with van der Waals surface area (Å²) < 4.78 is 64.6. The highest BCUT2D eigenvalue weighted by Crippen LogP contribution is 2.41. The van der Waals surface area contributed by atoms with E-state index in [1.165, 1.54) is 26.3 Å². The molecule has 0 saturated carbocycles. The molecule has 0 aliphatic carbocycles. The van der Waals surface area contributed by atoms with Gasteiger partial charge in [-0.25, -0.2) is 14.4 Å². The number of pyridine rings is 2. The number of hydrogen-bond acceptors (Lipinski definition) is 7. The number of rotatable bonds is 4. The van der Waals surface area contributed by atoms with Crippen molar-refractivity contribution in [3.8, 4) is 5.75 Å². The Morgan fingerprint density at radius 3 is 2.59 bits per heavy atom. The maximum Gasteiger partial charge on any atom is 0.424 e. The van der Waals surface area contributed by atoms with Gasteiger partial charge in [0.15, 0.2) is 11.6 Å². The van der Waals surface area contributed by atoms with E-state index < -0.39 is 35.6 Å². The topological polar surface area (TPSA) is 94.6 Å². The van der Waals surface area contributed by atoms with Crippen LogP contribution in [0.1, 0.15) is 19.5 Å². The summed E-state index contributed by atoms with van der Waals surface area (Å²) in [6, 6.07) is 5.81. The first-order valence-electron chi connectivity index (χ1n) is 8.50. The summed E-state index contributed by atoms with van der Waals surface area (Å²) in [5, 5.41) is 2.88. The van der Waals surface area contributed by atoms with Crippen molar-refractivity contribution in [2.75, 3.05) is 19.0 Å². The van der Waals surface area contributed by atoms with Gasteiger partial charge in [-0.05, 0) is 38.1 Å². The first-order chi connectivity index (χ1) is 13.5. The number of nitrogens with two attached hydrogens (primary N) is 1. The molecule has 2 unspecified atom stereocenters. The van der Waals surface area contributed by atoms with Gasteiger partial charge in [0.25, 0.3) is 0 Å². The molecule has 0 spiro atoms. The molecule has 0 aromatic carbocycles. The summed E-state index contributed by atoms with van der Waals surface area (Å²) in [7, 11) is 1.46. The van der Waals surface area contributed by atoms with E-state index in [0.29, 0.717) is 11.6 Å². The predicted octanol–water partition coefficient (Wildman–Crippen LogP) is 3.29. The number of hydrogen-bond donors (Lipinski definition) is 2. The summed E-state index contributed by atoms with van der Waals surface area (Å²) in [6.45, 7) is 1.61. The van der Waals surface area contributed by atoms with Gasteiger partial charge in [-0.2, -0.15) is 13.2 Å². The third-order valence-electron chi connectivity index (χ3n) is 4.63. The normalized spacial score (nSPS) is 24.7. The van der Waals surface area contributed by atoms with Crippen molar-refractivity contribution < 1.29 is 27.0 Å². The van der Waals surface area contributed by atoms with E-state index >= 15 is 0 Å². The van der Waals surface area contributed by atoms with Gasteiger partial charge in [0.05, 0.1) is 13.7 Å². The Hall–Kier alpha value is -2.95. The van der Waals surface area contributed by atoms with Crippen LogP contribution < -0.4 is 15.8 Å². The van der Waals surface area contributed by atoms with Crippen LogP contribution in [-0.4, -0.2) is 41.3 Å². The Bertz CT molecular complexity index is 952. The number of amidine groups is 1. The molecule has 3 heterocycles. The summed E-state index contributed by atoms with van der Waals surface area (Å²) in [5.74, 6) is -0.613. The maximum atomic E-state index is 14.5. The molecule has 0 amide bonds. The molecule has 1 aliphatic heterocycles. The second kappa shape index (κ2) is 7.14. The first-order valence-corrected chi connectivity index (χ1v) is 8.50. The monoisotopic (exact) mass is 413 g/mol. The fourth-order valence-corrected chi connectivity index (χ4v) is 2.77. The number of nitrogens with one attached hydrogen (secondary N) is 1. The number of aliphatic imine (C=N–C) groups is 1. The third kappa shape index (κ3) is 3.69. The summed E-state index contributed by atoms with van der Waals surface area (Å²) in [5.41, 5.74) is 1.06. The predicted molar refractivity (Wildman–Crippen MR) is 97.7 cm³/mol. The molecule has 0 saturated heterocycles. The van der Waals surface area contributed by atoms with Gasteiger partial charge in [0, 0.05) is 6.20 Å². The molecule has 2 atom stereocenters. The molecule has 0 bridgehead atoms. The van der Waals surface area contributed by atoms with Crippen LogP contribution in [0.15, 0.2) is 35.5 Å². The van der Waals surface area contributed by atoms with Crippen LogP contribution in [0.3, 0.4) is 0 Å². The molecule has 3 N–H and O–H groups in total. The zero-order valence-corrected chi connectivity index (χ0v) is 15.8. The minimum absolute atomic E-state index is 0.192. The molecule has 156 valence electrons. The molecule has 11 heteroatoms. The molecule has 1 aliphatic rings. The Labute approximate surface area is 164 Å². The number of methoxy groups -OCH3 is 1. The van der Waals surface area contributed by atoms with Crippen LogP contribution in [0.4, 0.5) is 29.2 Å². The highest BCUT2D eigenvalue weighted by Gasteiger charge is 2.59. The van der Waals surface area contributed by atoms with Crippen molar-refractivity contribution in [2.24, 2.45) is 10.7 Å². The zero-order valence-electron chi connectivity index (χ0n) is 15.8. The van der Waals surface area contributed by atoms with Crippen LogP contribution in [0, 0.1) is 5.82 Å². The highest BCUT2D eigenvalue weighted by molar-refractivity contribution is 5.90. The lowest BCUT2D eigenvalue weighted by Gasteiger charge is -2.40. The van der Waals surface area contributed by atoms with E-state index in [2.05, 4.69) is 20.3 Å². The number of ether oxygens (including phenoxy) is 2. The summed E-state index contributed by atoms with van der Waals surface area (Å²) >= 11 is 0. The lowest BCUT2D eigenvalue weighted by atomic mass is 9.93. The fraction of sp³-hybridized carbons (Fsp3) is 0.389. The molecule has 2 aromatic heterocycles. The van der Waals surface area contributed by atoms with Crippen molar-refractivity contribution in [3.05, 3.63) is 42.0 Å². The van der Waals surface area contributed by atoms with Gasteiger partial charge >= 0.3 is 6.18 Å². The average molecular weight is 413 g/mol. The summed E-state index contributed by atoms with van der Waals surface area (Å²) in [4.78, 5) is 12.2. The number of halogens is 4. The van der Waals surface area contributed by atoms with E-state index in [1.807, 2.05) is 0 Å². The van der Waals surface area contributed by atoms with Gasteiger partial charge < -0.3 is 20.5 Å². The van der Waals surface area contributed by atoms with Crippen LogP contribution in [0.5, 0.6) is 5.75 Å². The maximum absolute atomic E-state index is 14.5. The van der Waals surface area contributed by atoms with E-state index in [1.54, 1.807) is 12.1 Å².